The van der Waals surface area contributed by atoms with Gasteiger partial charge < -0.3 is 4.42 Å². The fourth-order valence-corrected chi connectivity index (χ4v) is 3.91. The number of rotatable bonds is 6. The van der Waals surface area contributed by atoms with Gasteiger partial charge in [0.05, 0.1) is 16.8 Å². The first-order chi connectivity index (χ1) is 13.6. The zero-order valence-electron chi connectivity index (χ0n) is 15.4. The zero-order valence-corrected chi connectivity index (χ0v) is 17.0. The van der Waals surface area contributed by atoms with Crippen molar-refractivity contribution >= 4 is 23.4 Å². The fraction of sp³-hybridized carbons (Fsp3) is 0.200. The largest absolute Gasteiger partial charge is 0.424 e. The van der Waals surface area contributed by atoms with Crippen LogP contribution in [0.2, 0.25) is 5.02 Å². The lowest BCUT2D eigenvalue weighted by Crippen LogP contribution is -2.05. The van der Waals surface area contributed by atoms with Crippen LogP contribution in [0.1, 0.15) is 29.5 Å². The molecule has 0 spiro atoms. The highest BCUT2D eigenvalue weighted by molar-refractivity contribution is 7.99. The van der Waals surface area contributed by atoms with Gasteiger partial charge in [-0.15, -0.1) is 20.4 Å². The minimum atomic E-state index is -0.0565. The van der Waals surface area contributed by atoms with E-state index in [-0.39, 0.29) is 5.25 Å². The van der Waals surface area contributed by atoms with Crippen molar-refractivity contribution in [3.05, 3.63) is 77.0 Å². The Morgan fingerprint density at radius 3 is 2.46 bits per heavy atom. The Morgan fingerprint density at radius 2 is 1.75 bits per heavy atom. The van der Waals surface area contributed by atoms with Crippen LogP contribution in [0.15, 0.2) is 64.2 Å². The number of halogens is 1. The van der Waals surface area contributed by atoms with Crippen LogP contribution in [0.3, 0.4) is 0 Å². The summed E-state index contributed by atoms with van der Waals surface area (Å²) in [6.07, 6.45) is 0. The number of hydrogen-bond acceptors (Lipinski definition) is 6. The van der Waals surface area contributed by atoms with Crippen molar-refractivity contribution in [3.63, 3.8) is 0 Å². The van der Waals surface area contributed by atoms with E-state index in [2.05, 4.69) is 37.1 Å². The molecule has 0 saturated heterocycles. The summed E-state index contributed by atoms with van der Waals surface area (Å²) < 4.78 is 7.63. The molecule has 4 aromatic rings. The number of benzene rings is 2. The predicted molar refractivity (Wildman–Crippen MR) is 109 cm³/mol. The first kappa shape index (κ1) is 18.7. The smallest absolute Gasteiger partial charge is 0.229 e. The molecule has 142 valence electrons. The van der Waals surface area contributed by atoms with Crippen molar-refractivity contribution in [2.45, 2.75) is 30.8 Å². The Kier molecular flexibility index (Phi) is 5.45. The molecule has 28 heavy (non-hydrogen) atoms. The number of aromatic nitrogens is 5. The van der Waals surface area contributed by atoms with Crippen molar-refractivity contribution < 1.29 is 4.42 Å². The quantitative estimate of drug-likeness (QED) is 0.406. The normalized spacial score (nSPS) is 12.2. The van der Waals surface area contributed by atoms with Crippen LogP contribution in [0.5, 0.6) is 0 Å². The van der Waals surface area contributed by atoms with Crippen molar-refractivity contribution in [1.82, 2.24) is 25.0 Å². The van der Waals surface area contributed by atoms with Crippen molar-refractivity contribution in [1.29, 1.82) is 0 Å². The van der Waals surface area contributed by atoms with Crippen LogP contribution in [0.4, 0.5) is 0 Å². The summed E-state index contributed by atoms with van der Waals surface area (Å²) in [4.78, 5) is 0. The van der Waals surface area contributed by atoms with Crippen molar-refractivity contribution in [2.24, 2.45) is 0 Å². The van der Waals surface area contributed by atoms with Gasteiger partial charge in [-0.1, -0.05) is 65.8 Å². The van der Waals surface area contributed by atoms with E-state index >= 15 is 0 Å². The minimum Gasteiger partial charge on any atom is -0.424 e. The third kappa shape index (κ3) is 3.95. The highest BCUT2D eigenvalue weighted by Crippen LogP contribution is 2.36. The van der Waals surface area contributed by atoms with Crippen LogP contribution >= 0.6 is 23.4 Å². The average Bonchev–Trinajstić information content (AvgIpc) is 3.30. The molecule has 0 saturated carbocycles. The first-order valence-corrected chi connectivity index (χ1v) is 10.1. The van der Waals surface area contributed by atoms with Crippen molar-refractivity contribution in [2.75, 3.05) is 0 Å². The molecule has 0 amide bonds. The van der Waals surface area contributed by atoms with Gasteiger partial charge in [-0.05, 0) is 24.6 Å². The maximum Gasteiger partial charge on any atom is 0.229 e. The van der Waals surface area contributed by atoms with Crippen LogP contribution in [-0.2, 0) is 6.54 Å². The second-order valence-corrected chi connectivity index (χ2v) is 7.99. The molecule has 6 nitrogen and oxygen atoms in total. The summed E-state index contributed by atoms with van der Waals surface area (Å²) in [7, 11) is 0. The molecule has 0 aliphatic rings. The molecule has 2 heterocycles. The van der Waals surface area contributed by atoms with E-state index < -0.39 is 0 Å². The second-order valence-electron chi connectivity index (χ2n) is 6.28. The molecule has 2 aromatic carbocycles. The van der Waals surface area contributed by atoms with Gasteiger partial charge in [0.15, 0.2) is 11.0 Å². The van der Waals surface area contributed by atoms with E-state index in [0.717, 1.165) is 22.1 Å². The van der Waals surface area contributed by atoms with Crippen LogP contribution < -0.4 is 0 Å². The molecule has 0 aliphatic heterocycles. The lowest BCUT2D eigenvalue weighted by molar-refractivity contribution is 0.469. The van der Waals surface area contributed by atoms with Gasteiger partial charge in [-0.2, -0.15) is 0 Å². The summed E-state index contributed by atoms with van der Waals surface area (Å²) in [5, 5.41) is 18.2. The molecular weight excluding hydrogens is 394 g/mol. The number of hydrogen-bond donors (Lipinski definition) is 0. The summed E-state index contributed by atoms with van der Waals surface area (Å²) >= 11 is 7.95. The van der Waals surface area contributed by atoms with Gasteiger partial charge in [0, 0.05) is 12.5 Å². The van der Waals surface area contributed by atoms with Crippen molar-refractivity contribution in [3.8, 4) is 11.4 Å². The standard InChI is InChI=1S/C20H18ClN5OS/c1-13(19-24-22-14(2)27-19)28-20-25-23-18(16-10-6-7-11-17(16)21)26(20)12-15-8-4-3-5-9-15/h3-11,13H,12H2,1-2H3. The molecule has 8 heteroatoms. The fourth-order valence-electron chi connectivity index (χ4n) is 2.81. The van der Waals surface area contributed by atoms with Gasteiger partial charge in [-0.25, -0.2) is 0 Å². The molecule has 0 aliphatic carbocycles. The van der Waals surface area contributed by atoms with Crippen LogP contribution in [0, 0.1) is 6.92 Å². The highest BCUT2D eigenvalue weighted by Gasteiger charge is 2.21. The van der Waals surface area contributed by atoms with E-state index in [4.69, 9.17) is 16.0 Å². The van der Waals surface area contributed by atoms with E-state index in [1.807, 2.05) is 49.4 Å². The second kappa shape index (κ2) is 8.16. The third-order valence-electron chi connectivity index (χ3n) is 4.19. The van der Waals surface area contributed by atoms with Crippen LogP contribution in [0.25, 0.3) is 11.4 Å². The van der Waals surface area contributed by atoms with Gasteiger partial charge >= 0.3 is 0 Å². The van der Waals surface area contributed by atoms with Gasteiger partial charge in [0.1, 0.15) is 0 Å². The first-order valence-electron chi connectivity index (χ1n) is 8.80. The maximum atomic E-state index is 6.43. The minimum absolute atomic E-state index is 0.0565. The Labute approximate surface area is 172 Å². The molecule has 0 bridgehead atoms. The summed E-state index contributed by atoms with van der Waals surface area (Å²) in [6.45, 7) is 4.42. The van der Waals surface area contributed by atoms with E-state index in [1.165, 1.54) is 11.8 Å². The number of aryl methyl sites for hydroxylation is 1. The Balaban J connectivity index is 1.72. The molecule has 2 aromatic heterocycles. The average molecular weight is 412 g/mol. The molecule has 0 radical (unpaired) electrons. The summed E-state index contributed by atoms with van der Waals surface area (Å²) in [6, 6.07) is 17.9. The van der Waals surface area contributed by atoms with Gasteiger partial charge in [0.25, 0.3) is 0 Å². The lowest BCUT2D eigenvalue weighted by atomic mass is 10.2. The summed E-state index contributed by atoms with van der Waals surface area (Å²) in [5.41, 5.74) is 2.00. The SMILES string of the molecule is Cc1nnc(C(C)Sc2nnc(-c3ccccc3Cl)n2Cc2ccccc2)o1. The van der Waals surface area contributed by atoms with E-state index in [1.54, 1.807) is 6.92 Å². The Bertz CT molecular complexity index is 1080. The molecular formula is C20H18ClN5OS. The summed E-state index contributed by atoms with van der Waals surface area (Å²) in [5.74, 6) is 1.84. The van der Waals surface area contributed by atoms with Gasteiger partial charge in [0.2, 0.25) is 11.8 Å². The maximum absolute atomic E-state index is 6.43. The number of thioether (sulfide) groups is 1. The number of nitrogens with zero attached hydrogens (tertiary/aromatic N) is 5. The third-order valence-corrected chi connectivity index (χ3v) is 5.58. The molecule has 1 unspecified atom stereocenters. The predicted octanol–water partition coefficient (Wildman–Crippen LogP) is 5.19. The molecule has 0 fully saturated rings. The van der Waals surface area contributed by atoms with E-state index in [9.17, 15) is 0 Å². The lowest BCUT2D eigenvalue weighted by Gasteiger charge is -2.12. The molecule has 4 rings (SSSR count). The molecule has 1 atom stereocenters. The van der Waals surface area contributed by atoms with Gasteiger partial charge in [-0.3, -0.25) is 4.57 Å². The Morgan fingerprint density at radius 1 is 1.00 bits per heavy atom. The molecule has 0 N–H and O–H groups in total. The van der Waals surface area contributed by atoms with Crippen LogP contribution in [-0.4, -0.2) is 25.0 Å². The van der Waals surface area contributed by atoms with E-state index in [0.29, 0.717) is 23.3 Å². The Hall–Kier alpha value is -2.64. The monoisotopic (exact) mass is 411 g/mol. The topological polar surface area (TPSA) is 69.6 Å². The highest BCUT2D eigenvalue weighted by atomic mass is 35.5. The zero-order chi connectivity index (χ0) is 19.5.